The van der Waals surface area contributed by atoms with E-state index in [0.717, 1.165) is 38.3 Å². The number of rotatable bonds is 8. The van der Waals surface area contributed by atoms with Crippen LogP contribution < -0.4 is 0 Å². The first-order chi connectivity index (χ1) is 7.27. The zero-order chi connectivity index (χ0) is 11.1. The molecule has 1 aliphatic carbocycles. The third-order valence-corrected chi connectivity index (χ3v) is 3.06. The highest BCUT2D eigenvalue weighted by atomic mass is 35.5. The van der Waals surface area contributed by atoms with Gasteiger partial charge in [-0.25, -0.2) is 0 Å². The molecule has 0 N–H and O–H groups in total. The molecule has 88 valence electrons. The molecular weight excluding hydrogens is 210 g/mol. The average Bonchev–Trinajstić information content (AvgIpc) is 3.01. The van der Waals surface area contributed by atoms with Crippen molar-refractivity contribution in [3.63, 3.8) is 0 Å². The molecule has 0 unspecified atom stereocenters. The van der Waals surface area contributed by atoms with Gasteiger partial charge in [0.15, 0.2) is 0 Å². The highest BCUT2D eigenvalue weighted by molar-refractivity contribution is 6.17. The number of carbonyl (C=O) groups excluding carboxylic acids is 1. The molecule has 1 fully saturated rings. The predicted molar refractivity (Wildman–Crippen MR) is 64.2 cm³/mol. The van der Waals surface area contributed by atoms with E-state index in [1.807, 2.05) is 4.90 Å². The molecule has 0 aromatic rings. The molecule has 0 atom stereocenters. The molecule has 0 heterocycles. The Hall–Kier alpha value is -0.240. The smallest absolute Gasteiger partial charge is 0.222 e. The first kappa shape index (κ1) is 12.8. The number of halogens is 1. The summed E-state index contributed by atoms with van der Waals surface area (Å²) < 4.78 is 0. The van der Waals surface area contributed by atoms with Gasteiger partial charge in [0.1, 0.15) is 0 Å². The van der Waals surface area contributed by atoms with Crippen molar-refractivity contribution >= 4 is 17.5 Å². The number of hydrogen-bond acceptors (Lipinski definition) is 1. The van der Waals surface area contributed by atoms with Crippen LogP contribution in [-0.4, -0.2) is 29.8 Å². The molecule has 2 nitrogen and oxygen atoms in total. The summed E-state index contributed by atoms with van der Waals surface area (Å²) in [6, 6.07) is 0. The van der Waals surface area contributed by atoms with E-state index in [0.29, 0.717) is 18.2 Å². The number of carbonyl (C=O) groups is 1. The van der Waals surface area contributed by atoms with E-state index in [4.69, 9.17) is 11.6 Å². The van der Waals surface area contributed by atoms with Crippen LogP contribution in [0.15, 0.2) is 0 Å². The fourth-order valence-corrected chi connectivity index (χ4v) is 1.92. The third-order valence-electron chi connectivity index (χ3n) is 2.80. The maximum atomic E-state index is 11.9. The normalized spacial score (nSPS) is 15.3. The van der Waals surface area contributed by atoms with Crippen molar-refractivity contribution in [2.45, 2.75) is 45.4 Å². The van der Waals surface area contributed by atoms with Crippen LogP contribution >= 0.6 is 11.6 Å². The Morgan fingerprint density at radius 1 is 1.40 bits per heavy atom. The van der Waals surface area contributed by atoms with Gasteiger partial charge in [-0.3, -0.25) is 4.79 Å². The summed E-state index contributed by atoms with van der Waals surface area (Å²) in [6.07, 6.45) is 6.27. The van der Waals surface area contributed by atoms with Gasteiger partial charge in [-0.15, -0.1) is 11.6 Å². The summed E-state index contributed by atoms with van der Waals surface area (Å²) >= 11 is 5.60. The molecule has 0 aromatic heterocycles. The highest BCUT2D eigenvalue weighted by Gasteiger charge is 2.25. The van der Waals surface area contributed by atoms with E-state index in [1.165, 1.54) is 12.8 Å². The Bertz CT molecular complexity index is 192. The van der Waals surface area contributed by atoms with Crippen molar-refractivity contribution in [1.29, 1.82) is 0 Å². The summed E-state index contributed by atoms with van der Waals surface area (Å²) in [5.41, 5.74) is 0. The lowest BCUT2D eigenvalue weighted by molar-refractivity contribution is -0.131. The Labute approximate surface area is 98.0 Å². The van der Waals surface area contributed by atoms with Gasteiger partial charge in [-0.2, -0.15) is 0 Å². The van der Waals surface area contributed by atoms with Crippen molar-refractivity contribution < 1.29 is 4.79 Å². The summed E-state index contributed by atoms with van der Waals surface area (Å²) in [7, 11) is 0. The molecular formula is C12H22ClNO. The van der Waals surface area contributed by atoms with Crippen LogP contribution in [-0.2, 0) is 4.79 Å². The fourth-order valence-electron chi connectivity index (χ4n) is 1.73. The summed E-state index contributed by atoms with van der Waals surface area (Å²) in [6.45, 7) is 4.05. The van der Waals surface area contributed by atoms with E-state index in [1.54, 1.807) is 0 Å². The zero-order valence-electron chi connectivity index (χ0n) is 9.67. The van der Waals surface area contributed by atoms with E-state index in [-0.39, 0.29) is 0 Å². The molecule has 0 radical (unpaired) electrons. The first-order valence-electron chi connectivity index (χ1n) is 6.11. The highest BCUT2D eigenvalue weighted by Crippen LogP contribution is 2.30. The Morgan fingerprint density at radius 3 is 2.67 bits per heavy atom. The largest absolute Gasteiger partial charge is 0.342 e. The van der Waals surface area contributed by atoms with E-state index >= 15 is 0 Å². The van der Waals surface area contributed by atoms with E-state index in [2.05, 4.69) is 6.92 Å². The Balaban J connectivity index is 2.22. The lowest BCUT2D eigenvalue weighted by Crippen LogP contribution is -2.33. The Morgan fingerprint density at radius 2 is 2.13 bits per heavy atom. The lowest BCUT2D eigenvalue weighted by Gasteiger charge is -2.21. The number of hydrogen-bond donors (Lipinski definition) is 0. The number of amides is 1. The number of unbranched alkanes of at least 4 members (excludes halogenated alkanes) is 1. The minimum Gasteiger partial charge on any atom is -0.342 e. The van der Waals surface area contributed by atoms with Crippen LogP contribution in [0.5, 0.6) is 0 Å². The molecule has 1 saturated carbocycles. The van der Waals surface area contributed by atoms with Crippen LogP contribution in [0.3, 0.4) is 0 Å². The third kappa shape index (κ3) is 5.41. The molecule has 0 saturated heterocycles. The summed E-state index contributed by atoms with van der Waals surface area (Å²) in [5, 5.41) is 0. The second-order valence-electron chi connectivity index (χ2n) is 4.43. The van der Waals surface area contributed by atoms with Gasteiger partial charge >= 0.3 is 0 Å². The monoisotopic (exact) mass is 231 g/mol. The van der Waals surface area contributed by atoms with Crippen molar-refractivity contribution in [1.82, 2.24) is 4.90 Å². The van der Waals surface area contributed by atoms with Crippen LogP contribution in [0.2, 0.25) is 0 Å². The predicted octanol–water partition coefficient (Wildman–Crippen LogP) is 3.04. The first-order valence-corrected chi connectivity index (χ1v) is 6.65. The zero-order valence-corrected chi connectivity index (χ0v) is 10.4. The lowest BCUT2D eigenvalue weighted by atomic mass is 10.2. The van der Waals surface area contributed by atoms with Gasteiger partial charge in [0, 0.05) is 25.4 Å². The second-order valence-corrected chi connectivity index (χ2v) is 4.81. The second kappa shape index (κ2) is 7.10. The van der Waals surface area contributed by atoms with Crippen LogP contribution in [0.4, 0.5) is 0 Å². The average molecular weight is 232 g/mol. The molecule has 1 rings (SSSR count). The van der Waals surface area contributed by atoms with Gasteiger partial charge in [-0.05, 0) is 38.0 Å². The topological polar surface area (TPSA) is 20.3 Å². The number of alkyl halides is 1. The van der Waals surface area contributed by atoms with Gasteiger partial charge < -0.3 is 4.90 Å². The van der Waals surface area contributed by atoms with Crippen molar-refractivity contribution in [3.05, 3.63) is 0 Å². The van der Waals surface area contributed by atoms with Crippen molar-refractivity contribution in [2.24, 2.45) is 5.92 Å². The van der Waals surface area contributed by atoms with Gasteiger partial charge in [-0.1, -0.05) is 6.92 Å². The maximum Gasteiger partial charge on any atom is 0.222 e. The molecule has 1 amide bonds. The van der Waals surface area contributed by atoms with Crippen molar-refractivity contribution in [3.8, 4) is 0 Å². The maximum absolute atomic E-state index is 11.9. The van der Waals surface area contributed by atoms with Gasteiger partial charge in [0.25, 0.3) is 0 Å². The van der Waals surface area contributed by atoms with Crippen LogP contribution in [0.25, 0.3) is 0 Å². The standard InChI is InChI=1S/C12H22ClNO/c1-2-9-14(10-11-6-7-11)12(15)5-3-4-8-13/h11H,2-10H2,1H3. The van der Waals surface area contributed by atoms with Crippen LogP contribution in [0, 0.1) is 5.92 Å². The minimum absolute atomic E-state index is 0.328. The summed E-state index contributed by atoms with van der Waals surface area (Å²) in [4.78, 5) is 13.9. The van der Waals surface area contributed by atoms with Crippen LogP contribution in [0.1, 0.15) is 45.4 Å². The van der Waals surface area contributed by atoms with Gasteiger partial charge in [0.2, 0.25) is 5.91 Å². The molecule has 0 aromatic carbocycles. The summed E-state index contributed by atoms with van der Waals surface area (Å²) in [5.74, 6) is 1.80. The molecule has 0 aliphatic heterocycles. The minimum atomic E-state index is 0.328. The van der Waals surface area contributed by atoms with E-state index in [9.17, 15) is 4.79 Å². The number of nitrogens with zero attached hydrogens (tertiary/aromatic N) is 1. The quantitative estimate of drug-likeness (QED) is 0.465. The molecule has 0 spiro atoms. The Kier molecular flexibility index (Phi) is 6.07. The molecule has 3 heteroatoms. The SMILES string of the molecule is CCCN(CC1CC1)C(=O)CCCCCl. The van der Waals surface area contributed by atoms with Crippen molar-refractivity contribution in [2.75, 3.05) is 19.0 Å². The molecule has 1 aliphatic rings. The molecule has 15 heavy (non-hydrogen) atoms. The van der Waals surface area contributed by atoms with Gasteiger partial charge in [0.05, 0.1) is 0 Å². The molecule has 0 bridgehead atoms. The van der Waals surface area contributed by atoms with E-state index < -0.39 is 0 Å². The fraction of sp³-hybridized carbons (Fsp3) is 0.917.